The van der Waals surface area contributed by atoms with E-state index in [9.17, 15) is 0 Å². The molecule has 1 atom stereocenters. The predicted molar refractivity (Wildman–Crippen MR) is 215 cm³/mol. The van der Waals surface area contributed by atoms with E-state index in [0.717, 1.165) is 74.3 Å². The van der Waals surface area contributed by atoms with E-state index in [0.29, 0.717) is 48.8 Å². The van der Waals surface area contributed by atoms with Crippen LogP contribution in [0.2, 0.25) is 0 Å². The van der Waals surface area contributed by atoms with E-state index in [1.807, 2.05) is 48.8 Å². The van der Waals surface area contributed by atoms with Crippen LogP contribution in [0.1, 0.15) is 87.5 Å². The Bertz CT molecular complexity index is 2100. The summed E-state index contributed by atoms with van der Waals surface area (Å²) in [6, 6.07) is 21.3. The van der Waals surface area contributed by atoms with E-state index >= 15 is 0 Å². The Hall–Kier alpha value is -5.34. The van der Waals surface area contributed by atoms with Crippen molar-refractivity contribution in [3.8, 4) is 12.0 Å². The molecule has 14 nitrogen and oxygen atoms in total. The summed E-state index contributed by atoms with van der Waals surface area (Å²) >= 11 is 0. The van der Waals surface area contributed by atoms with Crippen LogP contribution in [0.15, 0.2) is 73.1 Å². The molecule has 0 amide bonds. The van der Waals surface area contributed by atoms with Gasteiger partial charge in [-0.25, -0.2) is 0 Å². The van der Waals surface area contributed by atoms with Crippen molar-refractivity contribution in [3.63, 3.8) is 0 Å². The van der Waals surface area contributed by atoms with Crippen LogP contribution < -0.4 is 25.4 Å². The summed E-state index contributed by atoms with van der Waals surface area (Å²) in [5.41, 5.74) is 6.16. The molecule has 6 aromatic rings. The molecule has 2 aliphatic rings. The molecule has 55 heavy (non-hydrogen) atoms. The number of nitrogens with one attached hydrogen (secondary N) is 3. The molecule has 2 fully saturated rings. The second-order valence-corrected chi connectivity index (χ2v) is 15.0. The van der Waals surface area contributed by atoms with Gasteiger partial charge >= 0.3 is 12.0 Å². The molecule has 14 heteroatoms. The summed E-state index contributed by atoms with van der Waals surface area (Å²) in [6.07, 6.45) is 8.12. The van der Waals surface area contributed by atoms with E-state index in [-0.39, 0.29) is 12.2 Å². The number of rotatable bonds is 12. The number of aromatic nitrogens is 8. The fraction of sp³-hybridized carbons (Fsp3) is 0.463. The number of hydrogen-bond donors (Lipinski definition) is 3. The molecule has 6 heterocycles. The molecule has 2 saturated heterocycles. The molecule has 290 valence electrons. The molecule has 0 saturated carbocycles. The Morgan fingerprint density at radius 2 is 1.16 bits per heavy atom. The molecule has 0 spiro atoms. The normalized spacial score (nSPS) is 16.7. The molecule has 0 bridgehead atoms. The van der Waals surface area contributed by atoms with Crippen molar-refractivity contribution < 1.29 is 9.47 Å². The Balaban J connectivity index is 0.000000169. The van der Waals surface area contributed by atoms with Gasteiger partial charge in [0.1, 0.15) is 12.2 Å². The Labute approximate surface area is 323 Å². The molecule has 8 rings (SSSR count). The average molecular weight is 747 g/mol. The SMILES string of the molecule is CC(C)c1cnn2c(NCc3ccccc3)nc(OC3CCN(C)CC3)nc12.CC(C)c1cnn2c(NCc3ccccc3)nc(O[C@@H]3CCCNC3)nc12. The highest BCUT2D eigenvalue weighted by atomic mass is 16.5. The van der Waals surface area contributed by atoms with Gasteiger partial charge in [0.25, 0.3) is 0 Å². The summed E-state index contributed by atoms with van der Waals surface area (Å²) in [5, 5.41) is 19.2. The minimum absolute atomic E-state index is 0.105. The first-order valence-corrected chi connectivity index (χ1v) is 19.6. The highest BCUT2D eigenvalue weighted by Gasteiger charge is 2.23. The molecular weight excluding hydrogens is 693 g/mol. The van der Waals surface area contributed by atoms with Gasteiger partial charge in [-0.1, -0.05) is 88.4 Å². The van der Waals surface area contributed by atoms with Gasteiger partial charge in [0.2, 0.25) is 11.9 Å². The molecule has 0 aliphatic carbocycles. The number of benzene rings is 2. The molecule has 2 aliphatic heterocycles. The maximum atomic E-state index is 6.18. The lowest BCUT2D eigenvalue weighted by Crippen LogP contribution is -2.37. The first-order valence-electron chi connectivity index (χ1n) is 19.6. The summed E-state index contributed by atoms with van der Waals surface area (Å²) in [5.74, 6) is 1.95. The Morgan fingerprint density at radius 3 is 1.62 bits per heavy atom. The van der Waals surface area contributed by atoms with Crippen molar-refractivity contribution in [1.29, 1.82) is 0 Å². The molecule has 0 unspecified atom stereocenters. The van der Waals surface area contributed by atoms with Crippen molar-refractivity contribution in [1.82, 2.24) is 49.4 Å². The summed E-state index contributed by atoms with van der Waals surface area (Å²) < 4.78 is 15.8. The van der Waals surface area contributed by atoms with Gasteiger partial charge in [0, 0.05) is 43.9 Å². The third-order valence-electron chi connectivity index (χ3n) is 10.0. The lowest BCUT2D eigenvalue weighted by Gasteiger charge is -2.28. The lowest BCUT2D eigenvalue weighted by molar-refractivity contribution is 0.105. The first kappa shape index (κ1) is 38.0. The van der Waals surface area contributed by atoms with Crippen LogP contribution in [0.25, 0.3) is 11.3 Å². The second kappa shape index (κ2) is 17.9. The fourth-order valence-electron chi connectivity index (χ4n) is 6.77. The number of hydrogen-bond acceptors (Lipinski definition) is 12. The highest BCUT2D eigenvalue weighted by molar-refractivity contribution is 5.54. The van der Waals surface area contributed by atoms with Gasteiger partial charge in [-0.15, -0.1) is 0 Å². The lowest BCUT2D eigenvalue weighted by atomic mass is 10.1. The minimum atomic E-state index is 0.105. The van der Waals surface area contributed by atoms with Crippen LogP contribution in [0.3, 0.4) is 0 Å². The van der Waals surface area contributed by atoms with Gasteiger partial charge in [-0.2, -0.15) is 39.2 Å². The number of piperidine rings is 2. The van der Waals surface area contributed by atoms with Crippen LogP contribution in [-0.2, 0) is 13.1 Å². The molecule has 0 radical (unpaired) electrons. The standard InChI is InChI=1S/C21H28N6O.C20H26N6O/c1-15(2)18-14-23-27-19(18)24-21(28-17-9-11-26(3)12-10-17)25-20(27)22-13-16-7-5-4-6-8-16;1-14(2)17-13-23-26-18(17)24-20(27-16-9-6-10-21-12-16)25-19(26)22-11-15-7-4-3-5-8-15/h4-8,14-15,17H,9-13H2,1-3H3,(H,22,24,25);3-5,7-8,13-14,16,21H,6,9-12H2,1-2H3,(H,22,24,25)/t;16-/m.1/s1. The van der Waals surface area contributed by atoms with Crippen LogP contribution in [0, 0.1) is 0 Å². The number of fused-ring (bicyclic) bond motifs is 2. The zero-order valence-electron chi connectivity index (χ0n) is 32.7. The van der Waals surface area contributed by atoms with Gasteiger partial charge in [0.05, 0.1) is 12.4 Å². The van der Waals surface area contributed by atoms with E-state index in [1.165, 1.54) is 11.1 Å². The maximum absolute atomic E-state index is 6.18. The van der Waals surface area contributed by atoms with Crippen LogP contribution >= 0.6 is 0 Å². The summed E-state index contributed by atoms with van der Waals surface area (Å²) in [6.45, 7) is 13.9. The largest absolute Gasteiger partial charge is 0.460 e. The van der Waals surface area contributed by atoms with E-state index in [2.05, 4.69) is 105 Å². The smallest absolute Gasteiger partial charge is 0.322 e. The van der Waals surface area contributed by atoms with E-state index in [4.69, 9.17) is 14.5 Å². The predicted octanol–water partition coefficient (Wildman–Crippen LogP) is 6.32. The monoisotopic (exact) mass is 746 g/mol. The first-order chi connectivity index (χ1) is 26.8. The number of ether oxygens (including phenoxy) is 2. The van der Waals surface area contributed by atoms with Crippen molar-refractivity contribution in [2.45, 2.75) is 90.5 Å². The fourth-order valence-corrected chi connectivity index (χ4v) is 6.77. The van der Waals surface area contributed by atoms with Gasteiger partial charge in [-0.05, 0) is 62.2 Å². The van der Waals surface area contributed by atoms with Gasteiger partial charge < -0.3 is 30.3 Å². The summed E-state index contributed by atoms with van der Waals surface area (Å²) in [4.78, 5) is 20.9. The van der Waals surface area contributed by atoms with Crippen molar-refractivity contribution in [3.05, 3.63) is 95.3 Å². The second-order valence-electron chi connectivity index (χ2n) is 15.0. The number of likely N-dealkylation sites (tertiary alicyclic amines) is 1. The topological polar surface area (TPSA) is 144 Å². The zero-order valence-corrected chi connectivity index (χ0v) is 32.7. The van der Waals surface area contributed by atoms with Crippen LogP contribution in [0.4, 0.5) is 11.9 Å². The maximum Gasteiger partial charge on any atom is 0.322 e. The third-order valence-corrected chi connectivity index (χ3v) is 10.0. The number of nitrogens with zero attached hydrogens (tertiary/aromatic N) is 9. The minimum Gasteiger partial charge on any atom is -0.460 e. The number of anilines is 2. The third kappa shape index (κ3) is 9.67. The molecular formula is C41H54N12O2. The van der Waals surface area contributed by atoms with Crippen LogP contribution in [0.5, 0.6) is 12.0 Å². The zero-order chi connectivity index (χ0) is 38.1. The Morgan fingerprint density at radius 1 is 0.673 bits per heavy atom. The summed E-state index contributed by atoms with van der Waals surface area (Å²) in [7, 11) is 2.14. The molecule has 4 aromatic heterocycles. The van der Waals surface area contributed by atoms with Gasteiger partial charge in [-0.3, -0.25) is 0 Å². The molecule has 3 N–H and O–H groups in total. The Kier molecular flexibility index (Phi) is 12.3. The van der Waals surface area contributed by atoms with Crippen molar-refractivity contribution >= 4 is 23.2 Å². The van der Waals surface area contributed by atoms with Gasteiger partial charge in [0.15, 0.2) is 11.3 Å². The molecule has 2 aromatic carbocycles. The van der Waals surface area contributed by atoms with Crippen LogP contribution in [-0.4, -0.2) is 89.5 Å². The quantitative estimate of drug-likeness (QED) is 0.129. The van der Waals surface area contributed by atoms with Crippen molar-refractivity contribution in [2.24, 2.45) is 0 Å². The average Bonchev–Trinajstić information content (AvgIpc) is 3.84. The van der Waals surface area contributed by atoms with Crippen molar-refractivity contribution in [2.75, 3.05) is 43.9 Å². The highest BCUT2D eigenvalue weighted by Crippen LogP contribution is 2.26. The van der Waals surface area contributed by atoms with E-state index in [1.54, 1.807) is 9.03 Å². The van der Waals surface area contributed by atoms with E-state index < -0.39 is 0 Å².